The van der Waals surface area contributed by atoms with Gasteiger partial charge in [-0.2, -0.15) is 0 Å². The van der Waals surface area contributed by atoms with E-state index in [1.807, 2.05) is 0 Å². The number of hydrogen-bond acceptors (Lipinski definition) is 5. The van der Waals surface area contributed by atoms with Crippen LogP contribution in [0.5, 0.6) is 0 Å². The van der Waals surface area contributed by atoms with E-state index in [9.17, 15) is 14.7 Å². The molecule has 1 fully saturated rings. The molecule has 0 aliphatic carbocycles. The summed E-state index contributed by atoms with van der Waals surface area (Å²) in [7, 11) is 0. The average molecular weight is 277 g/mol. The van der Waals surface area contributed by atoms with Crippen molar-refractivity contribution in [3.63, 3.8) is 0 Å². The molecule has 0 amide bonds. The summed E-state index contributed by atoms with van der Waals surface area (Å²) in [5, 5.41) is 18.5. The van der Waals surface area contributed by atoms with Gasteiger partial charge in [-0.05, 0) is 6.92 Å². The molecule has 0 radical (unpaired) electrons. The van der Waals surface area contributed by atoms with Gasteiger partial charge in [-0.3, -0.25) is 14.3 Å². The number of ether oxygens (including phenoxy) is 1. The van der Waals surface area contributed by atoms with Gasteiger partial charge in [0.2, 0.25) is 0 Å². The second-order valence-electron chi connectivity index (χ2n) is 4.14. The summed E-state index contributed by atoms with van der Waals surface area (Å²) in [6.45, 7) is 1.17. The van der Waals surface area contributed by atoms with Crippen molar-refractivity contribution >= 4 is 11.6 Å². The molecular weight excluding hydrogens is 264 g/mol. The van der Waals surface area contributed by atoms with Crippen LogP contribution in [0.25, 0.3) is 0 Å². The van der Waals surface area contributed by atoms with Crippen molar-refractivity contribution in [2.24, 2.45) is 0 Å². The van der Waals surface area contributed by atoms with Gasteiger partial charge in [-0.25, -0.2) is 4.79 Å². The summed E-state index contributed by atoms with van der Waals surface area (Å²) in [6.07, 6.45) is -2.21. The lowest BCUT2D eigenvalue weighted by Crippen LogP contribution is -2.35. The molecule has 3 N–H and O–H groups in total. The number of nitrogens with one attached hydrogen (secondary N) is 1. The predicted molar refractivity (Wildman–Crippen MR) is 62.7 cm³/mol. The first-order valence-corrected chi connectivity index (χ1v) is 5.78. The minimum atomic E-state index is -0.864. The van der Waals surface area contributed by atoms with Gasteiger partial charge in [-0.1, -0.05) is 11.6 Å². The van der Waals surface area contributed by atoms with E-state index in [0.717, 1.165) is 0 Å². The Balaban J connectivity index is 2.45. The lowest BCUT2D eigenvalue weighted by atomic mass is 10.2. The molecule has 7 nitrogen and oxygen atoms in total. The maximum Gasteiger partial charge on any atom is 0.330 e. The van der Waals surface area contributed by atoms with Gasteiger partial charge in [0.25, 0.3) is 5.56 Å². The summed E-state index contributed by atoms with van der Waals surface area (Å²) in [4.78, 5) is 25.1. The molecule has 2 rings (SSSR count). The first-order chi connectivity index (χ1) is 8.45. The fraction of sp³-hybridized carbons (Fsp3) is 0.600. The summed E-state index contributed by atoms with van der Waals surface area (Å²) < 4.78 is 6.52. The average Bonchev–Trinajstić information content (AvgIpc) is 2.67. The Labute approximate surface area is 107 Å². The molecule has 1 aliphatic heterocycles. The number of aliphatic hydroxyl groups is 2. The van der Waals surface area contributed by atoms with E-state index in [-0.39, 0.29) is 23.7 Å². The first kappa shape index (κ1) is 13.3. The molecule has 100 valence electrons. The quantitative estimate of drug-likeness (QED) is 0.652. The largest absolute Gasteiger partial charge is 0.394 e. The second-order valence-corrected chi connectivity index (χ2v) is 4.52. The third kappa shape index (κ3) is 2.10. The van der Waals surface area contributed by atoms with Crippen LogP contribution in [0.2, 0.25) is 5.02 Å². The van der Waals surface area contributed by atoms with E-state index in [1.54, 1.807) is 0 Å². The zero-order chi connectivity index (χ0) is 13.4. The molecule has 2 heterocycles. The highest BCUT2D eigenvalue weighted by molar-refractivity contribution is 6.30. The van der Waals surface area contributed by atoms with Crippen molar-refractivity contribution in [2.75, 3.05) is 6.61 Å². The highest BCUT2D eigenvalue weighted by atomic mass is 35.5. The summed E-state index contributed by atoms with van der Waals surface area (Å²) in [5.74, 6) is 0. The number of hydrogen-bond donors (Lipinski definition) is 3. The van der Waals surface area contributed by atoms with Crippen molar-refractivity contribution in [1.82, 2.24) is 9.55 Å². The fourth-order valence-corrected chi connectivity index (χ4v) is 2.16. The zero-order valence-corrected chi connectivity index (χ0v) is 10.3. The lowest BCUT2D eigenvalue weighted by Gasteiger charge is -2.17. The molecule has 3 atom stereocenters. The van der Waals surface area contributed by atoms with Crippen LogP contribution in [-0.4, -0.2) is 38.6 Å². The SMILES string of the molecule is Cc1c(Cl)c(=O)[nH]c(=O)n1[C@H]1C[C@H](O)[C@@H](CO)O1. The molecule has 0 spiro atoms. The third-order valence-corrected chi connectivity index (χ3v) is 3.43. The van der Waals surface area contributed by atoms with E-state index in [4.69, 9.17) is 21.4 Å². The monoisotopic (exact) mass is 276 g/mol. The maximum absolute atomic E-state index is 11.7. The lowest BCUT2D eigenvalue weighted by molar-refractivity contribution is -0.0465. The molecule has 1 aromatic rings. The van der Waals surface area contributed by atoms with Crippen molar-refractivity contribution in [2.45, 2.75) is 31.8 Å². The third-order valence-electron chi connectivity index (χ3n) is 2.99. The predicted octanol–water partition coefficient (Wildman–Crippen LogP) is -0.861. The van der Waals surface area contributed by atoms with Crippen LogP contribution in [0.1, 0.15) is 18.3 Å². The van der Waals surface area contributed by atoms with E-state index in [1.165, 1.54) is 11.5 Å². The Morgan fingerprint density at radius 2 is 2.22 bits per heavy atom. The van der Waals surface area contributed by atoms with Crippen LogP contribution in [0.15, 0.2) is 9.59 Å². The smallest absolute Gasteiger partial charge is 0.330 e. The highest BCUT2D eigenvalue weighted by Crippen LogP contribution is 2.28. The van der Waals surface area contributed by atoms with E-state index in [2.05, 4.69) is 4.98 Å². The molecule has 1 saturated heterocycles. The number of rotatable bonds is 2. The molecule has 0 unspecified atom stereocenters. The summed E-state index contributed by atoms with van der Waals surface area (Å²) >= 11 is 5.77. The van der Waals surface area contributed by atoms with Gasteiger partial charge in [-0.15, -0.1) is 0 Å². The number of aromatic amines is 1. The molecule has 1 aromatic heterocycles. The van der Waals surface area contributed by atoms with Gasteiger partial charge in [0, 0.05) is 12.1 Å². The summed E-state index contributed by atoms with van der Waals surface area (Å²) in [6, 6.07) is 0. The Morgan fingerprint density at radius 1 is 1.56 bits per heavy atom. The molecule has 18 heavy (non-hydrogen) atoms. The molecule has 0 bridgehead atoms. The van der Waals surface area contributed by atoms with Crippen LogP contribution in [0.3, 0.4) is 0 Å². The standard InChI is InChI=1S/C10H13ClN2O5/c1-4-8(11)9(16)12-10(17)13(4)7-2-5(15)6(3-14)18-7/h5-7,14-15H,2-3H2,1H3,(H,12,16,17)/t5-,6+,7+/m0/s1. The molecular formula is C10H13ClN2O5. The topological polar surface area (TPSA) is 105 Å². The minimum Gasteiger partial charge on any atom is -0.394 e. The fourth-order valence-electron chi connectivity index (χ4n) is 2.02. The van der Waals surface area contributed by atoms with Gasteiger partial charge in [0.15, 0.2) is 0 Å². The van der Waals surface area contributed by atoms with Crippen molar-refractivity contribution in [1.29, 1.82) is 0 Å². The minimum absolute atomic E-state index is 0.0971. The van der Waals surface area contributed by atoms with Gasteiger partial charge in [0.1, 0.15) is 17.4 Å². The van der Waals surface area contributed by atoms with Crippen molar-refractivity contribution in [3.05, 3.63) is 31.6 Å². The number of nitrogens with zero attached hydrogens (tertiary/aromatic N) is 1. The normalized spacial score (nSPS) is 27.7. The van der Waals surface area contributed by atoms with Crippen molar-refractivity contribution in [3.8, 4) is 0 Å². The van der Waals surface area contributed by atoms with Gasteiger partial charge < -0.3 is 14.9 Å². The molecule has 0 saturated carbocycles. The van der Waals surface area contributed by atoms with E-state index in [0.29, 0.717) is 0 Å². The molecule has 8 heteroatoms. The van der Waals surface area contributed by atoms with Gasteiger partial charge in [0.05, 0.1) is 12.7 Å². The van der Waals surface area contributed by atoms with Crippen LogP contribution in [0.4, 0.5) is 0 Å². The highest BCUT2D eigenvalue weighted by Gasteiger charge is 2.35. The Hall–Kier alpha value is -1.15. The van der Waals surface area contributed by atoms with Crippen molar-refractivity contribution < 1.29 is 14.9 Å². The maximum atomic E-state index is 11.7. The van der Waals surface area contributed by atoms with Crippen LogP contribution in [-0.2, 0) is 4.74 Å². The second kappa shape index (κ2) is 4.85. The van der Waals surface area contributed by atoms with Crippen LogP contribution >= 0.6 is 11.6 Å². The number of aliphatic hydroxyl groups excluding tert-OH is 2. The molecule has 0 aromatic carbocycles. The first-order valence-electron chi connectivity index (χ1n) is 5.41. The molecule has 1 aliphatic rings. The van der Waals surface area contributed by atoms with Crippen LogP contribution in [0, 0.1) is 6.92 Å². The van der Waals surface area contributed by atoms with Gasteiger partial charge >= 0.3 is 5.69 Å². The number of halogens is 1. The van der Waals surface area contributed by atoms with E-state index < -0.39 is 29.7 Å². The Morgan fingerprint density at radius 3 is 2.78 bits per heavy atom. The van der Waals surface area contributed by atoms with E-state index >= 15 is 0 Å². The Kier molecular flexibility index (Phi) is 3.58. The Bertz CT molecular complexity index is 566. The zero-order valence-electron chi connectivity index (χ0n) is 9.59. The summed E-state index contributed by atoms with van der Waals surface area (Å²) in [5.41, 5.74) is -1.05. The number of H-pyrrole nitrogens is 1. The van der Waals surface area contributed by atoms with Crippen LogP contribution < -0.4 is 11.2 Å². The number of aromatic nitrogens is 2.